The molecule has 18 heavy (non-hydrogen) atoms. The highest BCUT2D eigenvalue weighted by Crippen LogP contribution is 2.33. The van der Waals surface area contributed by atoms with Gasteiger partial charge in [0, 0.05) is 11.3 Å². The van der Waals surface area contributed by atoms with E-state index in [0.717, 1.165) is 5.56 Å². The average molecular weight is 299 g/mol. The SMILES string of the molecule is O=S(c1ccccc1)C(Cl)(Cl)Cc1ccccc1. The minimum absolute atomic E-state index is 0.346. The third-order valence-corrected chi connectivity index (χ3v) is 4.98. The van der Waals surface area contributed by atoms with Crippen molar-refractivity contribution in [1.29, 1.82) is 0 Å². The van der Waals surface area contributed by atoms with E-state index in [2.05, 4.69) is 0 Å². The smallest absolute Gasteiger partial charge is 0.200 e. The van der Waals surface area contributed by atoms with Crippen LogP contribution in [-0.2, 0) is 17.2 Å². The Bertz CT molecular complexity index is 526. The van der Waals surface area contributed by atoms with Crippen LogP contribution in [-0.4, -0.2) is 7.87 Å². The van der Waals surface area contributed by atoms with E-state index in [-0.39, 0.29) is 0 Å². The molecule has 2 aromatic rings. The maximum absolute atomic E-state index is 12.3. The maximum atomic E-state index is 12.3. The van der Waals surface area contributed by atoms with Gasteiger partial charge in [-0.05, 0) is 17.7 Å². The van der Waals surface area contributed by atoms with Crippen LogP contribution < -0.4 is 0 Å². The molecule has 0 amide bonds. The van der Waals surface area contributed by atoms with Crippen LogP contribution in [0.1, 0.15) is 5.56 Å². The van der Waals surface area contributed by atoms with E-state index in [1.807, 2.05) is 48.5 Å². The molecule has 0 aliphatic rings. The van der Waals surface area contributed by atoms with E-state index >= 15 is 0 Å². The molecule has 0 fully saturated rings. The lowest BCUT2D eigenvalue weighted by molar-refractivity contribution is 0.676. The van der Waals surface area contributed by atoms with E-state index < -0.39 is 14.5 Å². The van der Waals surface area contributed by atoms with Crippen LogP contribution in [0.5, 0.6) is 0 Å². The van der Waals surface area contributed by atoms with Crippen molar-refractivity contribution in [3.63, 3.8) is 0 Å². The molecule has 0 bridgehead atoms. The molecule has 1 unspecified atom stereocenters. The molecule has 0 N–H and O–H groups in total. The maximum Gasteiger partial charge on any atom is 0.200 e. The molecule has 0 radical (unpaired) electrons. The Hall–Kier alpha value is -0.830. The van der Waals surface area contributed by atoms with Gasteiger partial charge in [0.05, 0.1) is 10.8 Å². The molecule has 2 aromatic carbocycles. The quantitative estimate of drug-likeness (QED) is 0.774. The van der Waals surface area contributed by atoms with Crippen molar-refractivity contribution in [3.8, 4) is 0 Å². The molecule has 94 valence electrons. The minimum Gasteiger partial charge on any atom is -0.251 e. The van der Waals surface area contributed by atoms with Crippen molar-refractivity contribution in [1.82, 2.24) is 0 Å². The Balaban J connectivity index is 2.19. The molecule has 0 saturated heterocycles. The molecule has 0 aliphatic heterocycles. The molecule has 0 spiro atoms. The fourth-order valence-corrected chi connectivity index (χ4v) is 3.51. The summed E-state index contributed by atoms with van der Waals surface area (Å²) in [7, 11) is -1.46. The van der Waals surface area contributed by atoms with Crippen molar-refractivity contribution in [2.24, 2.45) is 0 Å². The van der Waals surface area contributed by atoms with E-state index in [9.17, 15) is 4.21 Å². The first kappa shape index (κ1) is 13.6. The third-order valence-electron chi connectivity index (χ3n) is 2.48. The van der Waals surface area contributed by atoms with Gasteiger partial charge in [-0.3, -0.25) is 4.21 Å². The summed E-state index contributed by atoms with van der Waals surface area (Å²) in [6.07, 6.45) is 0.346. The molecule has 0 aliphatic carbocycles. The van der Waals surface area contributed by atoms with E-state index in [4.69, 9.17) is 23.2 Å². The highest BCUT2D eigenvalue weighted by molar-refractivity contribution is 7.89. The van der Waals surface area contributed by atoms with Crippen LogP contribution in [0.3, 0.4) is 0 Å². The van der Waals surface area contributed by atoms with Gasteiger partial charge in [-0.2, -0.15) is 0 Å². The topological polar surface area (TPSA) is 17.1 Å². The molecule has 0 aromatic heterocycles. The lowest BCUT2D eigenvalue weighted by Crippen LogP contribution is -2.23. The summed E-state index contributed by atoms with van der Waals surface area (Å²) in [6.45, 7) is 0. The first-order valence-electron chi connectivity index (χ1n) is 5.48. The first-order valence-corrected chi connectivity index (χ1v) is 7.39. The molecule has 1 nitrogen and oxygen atoms in total. The Morgan fingerprint density at radius 2 is 1.39 bits per heavy atom. The van der Waals surface area contributed by atoms with Crippen molar-refractivity contribution >= 4 is 34.0 Å². The van der Waals surface area contributed by atoms with E-state index in [1.54, 1.807) is 12.1 Å². The second kappa shape index (κ2) is 5.87. The van der Waals surface area contributed by atoms with Crippen LogP contribution >= 0.6 is 23.2 Å². The van der Waals surface area contributed by atoms with Gasteiger partial charge in [-0.25, -0.2) is 0 Å². The zero-order valence-corrected chi connectivity index (χ0v) is 11.9. The second-order valence-electron chi connectivity index (χ2n) is 3.88. The van der Waals surface area contributed by atoms with Gasteiger partial charge >= 0.3 is 0 Å². The summed E-state index contributed by atoms with van der Waals surface area (Å²) in [4.78, 5) is 0.637. The van der Waals surface area contributed by atoms with Gasteiger partial charge < -0.3 is 0 Å². The highest BCUT2D eigenvalue weighted by Gasteiger charge is 2.33. The Morgan fingerprint density at radius 1 is 0.889 bits per heavy atom. The summed E-state index contributed by atoms with van der Waals surface area (Å²) < 4.78 is 11.0. The Morgan fingerprint density at radius 3 is 1.94 bits per heavy atom. The van der Waals surface area contributed by atoms with Crippen molar-refractivity contribution < 1.29 is 4.21 Å². The number of hydrogen-bond donors (Lipinski definition) is 0. The molecule has 0 saturated carbocycles. The van der Waals surface area contributed by atoms with Crippen LogP contribution in [0.2, 0.25) is 0 Å². The molecule has 0 heterocycles. The summed E-state index contributed by atoms with van der Waals surface area (Å²) in [6, 6.07) is 18.6. The standard InChI is InChI=1S/C14H12Cl2OS/c15-14(16,11-12-7-3-1-4-8-12)18(17)13-9-5-2-6-10-13/h1-10H,11H2. The highest BCUT2D eigenvalue weighted by atomic mass is 35.5. The summed E-state index contributed by atoms with van der Waals surface area (Å²) in [5, 5.41) is 0. The first-order chi connectivity index (χ1) is 8.59. The predicted octanol–water partition coefficient (Wildman–Crippen LogP) is 4.17. The molecule has 4 heteroatoms. The van der Waals surface area contributed by atoms with Gasteiger partial charge in [0.25, 0.3) is 0 Å². The van der Waals surface area contributed by atoms with Crippen molar-refractivity contribution in [2.45, 2.75) is 15.0 Å². The normalized spacial score (nSPS) is 13.2. The fraction of sp³-hybridized carbons (Fsp3) is 0.143. The van der Waals surface area contributed by atoms with Crippen LogP contribution in [0, 0.1) is 0 Å². The Labute approximate surface area is 119 Å². The van der Waals surface area contributed by atoms with Gasteiger partial charge in [-0.15, -0.1) is 0 Å². The van der Waals surface area contributed by atoms with Gasteiger partial charge in [0.2, 0.25) is 0 Å². The van der Waals surface area contributed by atoms with E-state index in [1.165, 1.54) is 0 Å². The lowest BCUT2D eigenvalue weighted by atomic mass is 10.2. The van der Waals surface area contributed by atoms with Gasteiger partial charge in [0.1, 0.15) is 0 Å². The van der Waals surface area contributed by atoms with Gasteiger partial charge in [-0.1, -0.05) is 71.7 Å². The number of hydrogen-bond acceptors (Lipinski definition) is 1. The molecule has 1 atom stereocenters. The summed E-state index contributed by atoms with van der Waals surface area (Å²) >= 11 is 12.4. The molecular weight excluding hydrogens is 287 g/mol. The largest absolute Gasteiger partial charge is 0.251 e. The molecule has 2 rings (SSSR count). The third kappa shape index (κ3) is 3.35. The predicted molar refractivity (Wildman–Crippen MR) is 77.4 cm³/mol. The summed E-state index contributed by atoms with van der Waals surface area (Å²) in [5.41, 5.74) is 0.965. The average Bonchev–Trinajstić information content (AvgIpc) is 2.39. The zero-order valence-electron chi connectivity index (χ0n) is 9.55. The number of rotatable bonds is 4. The summed E-state index contributed by atoms with van der Waals surface area (Å²) in [5.74, 6) is 0. The van der Waals surface area contributed by atoms with E-state index in [0.29, 0.717) is 11.3 Å². The van der Waals surface area contributed by atoms with Crippen molar-refractivity contribution in [3.05, 3.63) is 66.2 Å². The number of benzene rings is 2. The monoisotopic (exact) mass is 298 g/mol. The number of halogens is 2. The number of alkyl halides is 2. The zero-order chi connectivity index (χ0) is 13.0. The Kier molecular flexibility index (Phi) is 4.44. The second-order valence-corrected chi connectivity index (χ2v) is 7.52. The van der Waals surface area contributed by atoms with Crippen LogP contribution in [0.15, 0.2) is 65.6 Å². The lowest BCUT2D eigenvalue weighted by Gasteiger charge is -2.19. The van der Waals surface area contributed by atoms with Crippen molar-refractivity contribution in [2.75, 3.05) is 0 Å². The fourth-order valence-electron chi connectivity index (χ4n) is 1.62. The van der Waals surface area contributed by atoms with Crippen LogP contribution in [0.25, 0.3) is 0 Å². The molecular formula is C14H12Cl2OS. The minimum atomic E-state index is -1.46. The van der Waals surface area contributed by atoms with Gasteiger partial charge in [0.15, 0.2) is 3.67 Å². The van der Waals surface area contributed by atoms with Crippen LogP contribution in [0.4, 0.5) is 0 Å².